The van der Waals surface area contributed by atoms with E-state index < -0.39 is 11.3 Å². The van der Waals surface area contributed by atoms with Gasteiger partial charge in [0, 0.05) is 11.8 Å². The number of hydrogen-bond acceptors (Lipinski definition) is 3. The van der Waals surface area contributed by atoms with Gasteiger partial charge in [-0.3, -0.25) is 25.2 Å². The molecular formula is C19H31N3O3. The summed E-state index contributed by atoms with van der Waals surface area (Å²) in [4.78, 5) is 35.9. The van der Waals surface area contributed by atoms with Crippen molar-refractivity contribution in [2.75, 3.05) is 6.54 Å². The number of hydrogen-bond donors (Lipinski definition) is 3. The van der Waals surface area contributed by atoms with Crippen LogP contribution in [0.25, 0.3) is 0 Å². The third-order valence-electron chi connectivity index (χ3n) is 6.13. The Hall–Kier alpha value is -1.59. The first kappa shape index (κ1) is 18.2. The molecule has 0 aromatic carbocycles. The minimum Gasteiger partial charge on any atom is -0.347 e. The predicted molar refractivity (Wildman–Crippen MR) is 94.0 cm³/mol. The minimum absolute atomic E-state index is 0.113. The van der Waals surface area contributed by atoms with E-state index >= 15 is 0 Å². The van der Waals surface area contributed by atoms with Gasteiger partial charge in [0.25, 0.3) is 5.91 Å². The second-order valence-electron chi connectivity index (χ2n) is 9.62. The van der Waals surface area contributed by atoms with Crippen molar-refractivity contribution in [1.29, 1.82) is 0 Å². The Morgan fingerprint density at radius 2 is 1.36 bits per heavy atom. The van der Waals surface area contributed by atoms with E-state index in [1.165, 1.54) is 38.5 Å². The molecule has 4 fully saturated rings. The van der Waals surface area contributed by atoms with Crippen LogP contribution in [0.1, 0.15) is 65.7 Å². The summed E-state index contributed by atoms with van der Waals surface area (Å²) in [7, 11) is 0. The molecule has 0 spiro atoms. The van der Waals surface area contributed by atoms with Gasteiger partial charge in [0.1, 0.15) is 0 Å². The number of carbonyl (C=O) groups is 3. The first-order valence-corrected chi connectivity index (χ1v) is 9.51. The minimum atomic E-state index is -0.540. The van der Waals surface area contributed by atoms with Crippen LogP contribution in [0, 0.1) is 28.6 Å². The quantitative estimate of drug-likeness (QED) is 0.678. The fourth-order valence-corrected chi connectivity index (χ4v) is 5.50. The van der Waals surface area contributed by atoms with Crippen molar-refractivity contribution < 1.29 is 14.4 Å². The van der Waals surface area contributed by atoms with Gasteiger partial charge >= 0.3 is 0 Å². The van der Waals surface area contributed by atoms with Gasteiger partial charge in [-0.2, -0.15) is 0 Å². The van der Waals surface area contributed by atoms with E-state index in [0.29, 0.717) is 6.42 Å². The highest BCUT2D eigenvalue weighted by atomic mass is 16.2. The Bertz CT molecular complexity index is 529. The first-order chi connectivity index (χ1) is 11.7. The fourth-order valence-electron chi connectivity index (χ4n) is 5.50. The molecule has 4 bridgehead atoms. The molecule has 4 aliphatic rings. The molecule has 0 radical (unpaired) electrons. The van der Waals surface area contributed by atoms with E-state index in [4.69, 9.17) is 0 Å². The van der Waals surface area contributed by atoms with E-state index in [1.807, 2.05) is 0 Å². The number of rotatable bonds is 4. The Morgan fingerprint density at radius 3 is 1.84 bits per heavy atom. The van der Waals surface area contributed by atoms with Crippen molar-refractivity contribution in [2.45, 2.75) is 65.7 Å². The summed E-state index contributed by atoms with van der Waals surface area (Å²) in [6.07, 6.45) is 8.07. The number of carbonyl (C=O) groups excluding carboxylic acids is 3. The highest BCUT2D eigenvalue weighted by Gasteiger charge is 2.51. The zero-order valence-corrected chi connectivity index (χ0v) is 15.6. The maximum atomic E-state index is 12.3. The van der Waals surface area contributed by atoms with Gasteiger partial charge in [-0.25, -0.2) is 0 Å². The van der Waals surface area contributed by atoms with Crippen LogP contribution in [0.15, 0.2) is 0 Å². The molecule has 4 rings (SSSR count). The van der Waals surface area contributed by atoms with Crippen LogP contribution in [-0.4, -0.2) is 24.3 Å². The first-order valence-electron chi connectivity index (χ1n) is 9.51. The van der Waals surface area contributed by atoms with E-state index in [0.717, 1.165) is 17.8 Å². The van der Waals surface area contributed by atoms with Crippen molar-refractivity contribution in [1.82, 2.24) is 16.2 Å². The molecule has 6 nitrogen and oxygen atoms in total. The highest BCUT2D eigenvalue weighted by Crippen LogP contribution is 2.61. The molecule has 0 saturated heterocycles. The van der Waals surface area contributed by atoms with Gasteiger partial charge in [0.2, 0.25) is 11.8 Å². The second kappa shape index (κ2) is 6.61. The zero-order chi connectivity index (χ0) is 18.2. The molecule has 0 atom stereocenters. The van der Waals surface area contributed by atoms with Crippen molar-refractivity contribution in [2.24, 2.45) is 28.6 Å². The molecule has 25 heavy (non-hydrogen) atoms. The van der Waals surface area contributed by atoms with Crippen LogP contribution >= 0.6 is 0 Å². The average molecular weight is 349 g/mol. The molecular weight excluding hydrogens is 318 g/mol. The molecule has 0 aromatic heterocycles. The van der Waals surface area contributed by atoms with Gasteiger partial charge < -0.3 is 5.32 Å². The van der Waals surface area contributed by atoms with Crippen molar-refractivity contribution in [3.63, 3.8) is 0 Å². The van der Waals surface area contributed by atoms with E-state index in [-0.39, 0.29) is 23.8 Å². The Balaban J connectivity index is 1.41. The lowest BCUT2D eigenvalue weighted by molar-refractivity contribution is -0.134. The third-order valence-corrected chi connectivity index (χ3v) is 6.13. The SMILES string of the molecule is CC(C)(C)C(=O)NCC(=O)NNC(=O)CC12CC3CC(CC(C3)C1)C2. The molecule has 140 valence electrons. The molecule has 0 unspecified atom stereocenters. The molecule has 0 aliphatic heterocycles. The monoisotopic (exact) mass is 349 g/mol. The summed E-state index contributed by atoms with van der Waals surface area (Å²) in [6, 6.07) is 0. The summed E-state index contributed by atoms with van der Waals surface area (Å²) in [5, 5.41) is 2.57. The van der Waals surface area contributed by atoms with Crippen molar-refractivity contribution >= 4 is 17.7 Å². The van der Waals surface area contributed by atoms with Gasteiger partial charge in [0.15, 0.2) is 0 Å². The summed E-state index contributed by atoms with van der Waals surface area (Å²) >= 11 is 0. The van der Waals surface area contributed by atoms with Gasteiger partial charge in [-0.15, -0.1) is 0 Å². The van der Waals surface area contributed by atoms with Gasteiger partial charge in [0.05, 0.1) is 6.54 Å². The standard InChI is InChI=1S/C19H31N3O3/c1-18(2,3)17(25)20-11-16(24)22-21-15(23)10-19-7-12-4-13(8-19)6-14(5-12)9-19/h12-14H,4-11H2,1-3H3,(H,20,25)(H,21,23)(H,22,24). The Morgan fingerprint density at radius 1 is 0.880 bits per heavy atom. The zero-order valence-electron chi connectivity index (χ0n) is 15.6. The second-order valence-corrected chi connectivity index (χ2v) is 9.62. The average Bonchev–Trinajstić information content (AvgIpc) is 2.47. The van der Waals surface area contributed by atoms with Crippen LogP contribution in [-0.2, 0) is 14.4 Å². The molecule has 3 amide bonds. The van der Waals surface area contributed by atoms with E-state index in [2.05, 4.69) is 16.2 Å². The topological polar surface area (TPSA) is 87.3 Å². The van der Waals surface area contributed by atoms with Crippen molar-refractivity contribution in [3.8, 4) is 0 Å². The predicted octanol–water partition coefficient (Wildman–Crippen LogP) is 1.90. The molecule has 0 aromatic rings. The van der Waals surface area contributed by atoms with Crippen LogP contribution in [0.5, 0.6) is 0 Å². The Kier molecular flexibility index (Phi) is 4.82. The van der Waals surface area contributed by atoms with Crippen molar-refractivity contribution in [3.05, 3.63) is 0 Å². The normalized spacial score (nSPS) is 33.0. The number of nitrogens with one attached hydrogen (secondary N) is 3. The maximum Gasteiger partial charge on any atom is 0.257 e. The lowest BCUT2D eigenvalue weighted by Crippen LogP contribution is -2.51. The highest BCUT2D eigenvalue weighted by molar-refractivity contribution is 5.88. The summed E-state index contributed by atoms with van der Waals surface area (Å²) < 4.78 is 0. The molecule has 3 N–H and O–H groups in total. The van der Waals surface area contributed by atoms with Crippen LogP contribution < -0.4 is 16.2 Å². The summed E-state index contributed by atoms with van der Waals surface area (Å²) in [6.45, 7) is 5.22. The van der Waals surface area contributed by atoms with Crippen LogP contribution in [0.2, 0.25) is 0 Å². The lowest BCUT2D eigenvalue weighted by atomic mass is 9.49. The lowest BCUT2D eigenvalue weighted by Gasteiger charge is -2.56. The molecule has 4 saturated carbocycles. The maximum absolute atomic E-state index is 12.3. The molecule has 0 heterocycles. The molecule has 6 heteroatoms. The van der Waals surface area contributed by atoms with Crippen LogP contribution in [0.3, 0.4) is 0 Å². The summed E-state index contributed by atoms with van der Waals surface area (Å²) in [5.74, 6) is 1.71. The van der Waals surface area contributed by atoms with E-state index in [9.17, 15) is 14.4 Å². The van der Waals surface area contributed by atoms with Gasteiger partial charge in [-0.05, 0) is 61.7 Å². The Labute approximate surface area is 149 Å². The summed E-state index contributed by atoms with van der Waals surface area (Å²) in [5.41, 5.74) is 4.57. The third kappa shape index (κ3) is 4.33. The fraction of sp³-hybridized carbons (Fsp3) is 0.842. The van der Waals surface area contributed by atoms with Crippen LogP contribution in [0.4, 0.5) is 0 Å². The number of hydrazine groups is 1. The smallest absolute Gasteiger partial charge is 0.257 e. The van der Waals surface area contributed by atoms with E-state index in [1.54, 1.807) is 20.8 Å². The largest absolute Gasteiger partial charge is 0.347 e. The molecule has 4 aliphatic carbocycles. The number of amides is 3. The van der Waals surface area contributed by atoms with Gasteiger partial charge in [-0.1, -0.05) is 20.8 Å².